The molecule has 0 saturated carbocycles. The van der Waals surface area contributed by atoms with Gasteiger partial charge in [-0.1, -0.05) is 17.7 Å². The maximum Gasteiger partial charge on any atom is 0.274 e. The van der Waals surface area contributed by atoms with E-state index in [1.807, 2.05) is 0 Å². The van der Waals surface area contributed by atoms with Gasteiger partial charge in [-0.2, -0.15) is 11.8 Å². The van der Waals surface area contributed by atoms with E-state index in [1.165, 1.54) is 6.07 Å². The molecule has 2 rings (SSSR count). The fraction of sp³-hybridized carbons (Fsp3) is 0.455. The molecule has 1 saturated heterocycles. The number of nitrogens with zero attached hydrogens (tertiary/aromatic N) is 1. The summed E-state index contributed by atoms with van der Waals surface area (Å²) in [7, 11) is 0. The third-order valence-corrected chi connectivity index (χ3v) is 4.52. The van der Waals surface area contributed by atoms with Gasteiger partial charge in [-0.25, -0.2) is 0 Å². The average molecular weight is 274 g/mol. The van der Waals surface area contributed by atoms with Crippen molar-refractivity contribution in [1.82, 2.24) is 0 Å². The van der Waals surface area contributed by atoms with E-state index in [4.69, 9.17) is 11.6 Å². The summed E-state index contributed by atoms with van der Waals surface area (Å²) in [6.07, 6.45) is 0.0697. The Bertz CT molecular complexity index is 441. The summed E-state index contributed by atoms with van der Waals surface area (Å²) in [4.78, 5) is 10.5. The number of aliphatic hydroxyl groups is 1. The third kappa shape index (κ3) is 2.73. The first-order valence-electron chi connectivity index (χ1n) is 5.27. The molecule has 17 heavy (non-hydrogen) atoms. The number of halogens is 1. The summed E-state index contributed by atoms with van der Waals surface area (Å²) in [6, 6.07) is 4.68. The Labute approximate surface area is 108 Å². The van der Waals surface area contributed by atoms with Gasteiger partial charge in [0.1, 0.15) is 0 Å². The highest BCUT2D eigenvalue weighted by molar-refractivity contribution is 7.99. The molecular weight excluding hydrogens is 262 g/mol. The lowest BCUT2D eigenvalue weighted by molar-refractivity contribution is -0.385. The minimum Gasteiger partial charge on any atom is -0.392 e. The number of hydrogen-bond donors (Lipinski definition) is 1. The fourth-order valence-corrected chi connectivity index (χ4v) is 3.50. The van der Waals surface area contributed by atoms with Crippen LogP contribution in [0.15, 0.2) is 18.2 Å². The second-order valence-electron chi connectivity index (χ2n) is 4.06. The normalized spacial score (nSPS) is 23.9. The molecule has 2 unspecified atom stereocenters. The molecule has 1 aromatic carbocycles. The van der Waals surface area contributed by atoms with E-state index in [1.54, 1.807) is 23.9 Å². The third-order valence-electron chi connectivity index (χ3n) is 2.92. The molecule has 1 aliphatic heterocycles. The van der Waals surface area contributed by atoms with Crippen molar-refractivity contribution in [1.29, 1.82) is 0 Å². The Morgan fingerprint density at radius 2 is 2.29 bits per heavy atom. The molecule has 0 aliphatic carbocycles. The first-order chi connectivity index (χ1) is 8.09. The second kappa shape index (κ2) is 5.25. The van der Waals surface area contributed by atoms with Crippen molar-refractivity contribution in [3.63, 3.8) is 0 Å². The summed E-state index contributed by atoms with van der Waals surface area (Å²) in [5.74, 6) is 1.57. The zero-order valence-electron chi connectivity index (χ0n) is 9.01. The maximum absolute atomic E-state index is 10.9. The van der Waals surface area contributed by atoms with Crippen molar-refractivity contribution in [3.05, 3.63) is 38.9 Å². The summed E-state index contributed by atoms with van der Waals surface area (Å²) < 4.78 is 0. The van der Waals surface area contributed by atoms with E-state index < -0.39 is 11.0 Å². The molecule has 0 amide bonds. The van der Waals surface area contributed by atoms with Crippen molar-refractivity contribution in [2.45, 2.75) is 12.5 Å². The van der Waals surface area contributed by atoms with Crippen molar-refractivity contribution in [2.75, 3.05) is 11.5 Å². The molecule has 6 heteroatoms. The van der Waals surface area contributed by atoms with Crippen LogP contribution in [0.4, 0.5) is 5.69 Å². The Morgan fingerprint density at radius 3 is 2.88 bits per heavy atom. The van der Waals surface area contributed by atoms with Gasteiger partial charge in [-0.15, -0.1) is 0 Å². The van der Waals surface area contributed by atoms with Crippen LogP contribution in [-0.2, 0) is 6.42 Å². The molecule has 0 bridgehead atoms. The fourth-order valence-electron chi connectivity index (χ4n) is 1.96. The summed E-state index contributed by atoms with van der Waals surface area (Å²) in [6.45, 7) is 0. The summed E-state index contributed by atoms with van der Waals surface area (Å²) in [5, 5.41) is 21.1. The predicted molar refractivity (Wildman–Crippen MR) is 68.6 cm³/mol. The molecule has 0 radical (unpaired) electrons. The molecule has 1 aromatic rings. The van der Waals surface area contributed by atoms with E-state index in [-0.39, 0.29) is 11.6 Å². The van der Waals surface area contributed by atoms with E-state index in [0.717, 1.165) is 5.75 Å². The number of hydrogen-bond acceptors (Lipinski definition) is 4. The Kier molecular flexibility index (Phi) is 3.91. The number of benzene rings is 1. The Morgan fingerprint density at radius 1 is 1.53 bits per heavy atom. The highest BCUT2D eigenvalue weighted by Crippen LogP contribution is 2.33. The summed E-state index contributed by atoms with van der Waals surface area (Å²) in [5.41, 5.74) is 0.576. The van der Waals surface area contributed by atoms with Crippen LogP contribution in [0.5, 0.6) is 0 Å². The molecule has 0 aromatic heterocycles. The Hall–Kier alpha value is -0.780. The number of nitro benzene ring substituents is 1. The van der Waals surface area contributed by atoms with Crippen molar-refractivity contribution >= 4 is 29.1 Å². The molecule has 1 aliphatic rings. The van der Waals surface area contributed by atoms with E-state index >= 15 is 0 Å². The van der Waals surface area contributed by atoms with Crippen LogP contribution < -0.4 is 0 Å². The molecule has 0 spiro atoms. The lowest BCUT2D eigenvalue weighted by Gasteiger charge is -2.14. The number of thioether (sulfide) groups is 1. The second-order valence-corrected chi connectivity index (χ2v) is 5.55. The van der Waals surface area contributed by atoms with E-state index in [0.29, 0.717) is 22.8 Å². The topological polar surface area (TPSA) is 63.4 Å². The van der Waals surface area contributed by atoms with Crippen LogP contribution in [0.2, 0.25) is 5.02 Å². The molecule has 1 fully saturated rings. The zero-order chi connectivity index (χ0) is 12.4. The van der Waals surface area contributed by atoms with Crippen LogP contribution >= 0.6 is 23.4 Å². The first kappa shape index (κ1) is 12.7. The standard InChI is InChI=1S/C11H12ClNO3S/c12-9-2-1-3-10(13(15)16)8(9)4-7-5-17-6-11(7)14/h1-3,7,11,14H,4-6H2. The number of aliphatic hydroxyl groups excluding tert-OH is 1. The zero-order valence-corrected chi connectivity index (χ0v) is 10.6. The van der Waals surface area contributed by atoms with Gasteiger partial charge < -0.3 is 5.11 Å². The SMILES string of the molecule is O=[N+]([O-])c1cccc(Cl)c1CC1CSCC1O. The van der Waals surface area contributed by atoms with Gasteiger partial charge >= 0.3 is 0 Å². The van der Waals surface area contributed by atoms with Crippen LogP contribution in [0, 0.1) is 16.0 Å². The van der Waals surface area contributed by atoms with Crippen LogP contribution in [-0.4, -0.2) is 27.6 Å². The minimum atomic E-state index is -0.421. The number of nitro groups is 1. The molecule has 2 atom stereocenters. The first-order valence-corrected chi connectivity index (χ1v) is 6.80. The molecule has 92 valence electrons. The highest BCUT2D eigenvalue weighted by Gasteiger charge is 2.29. The maximum atomic E-state index is 10.9. The van der Waals surface area contributed by atoms with Crippen LogP contribution in [0.25, 0.3) is 0 Å². The predicted octanol–water partition coefficient (Wildman–Crippen LogP) is 2.51. The molecular formula is C11H12ClNO3S. The van der Waals surface area contributed by atoms with Crippen molar-refractivity contribution < 1.29 is 10.0 Å². The lowest BCUT2D eigenvalue weighted by atomic mass is 9.96. The van der Waals surface area contributed by atoms with E-state index in [2.05, 4.69) is 0 Å². The van der Waals surface area contributed by atoms with Gasteiger partial charge in [-0.3, -0.25) is 10.1 Å². The van der Waals surface area contributed by atoms with Crippen molar-refractivity contribution in [2.24, 2.45) is 5.92 Å². The molecule has 1 heterocycles. The summed E-state index contributed by atoms with van der Waals surface area (Å²) >= 11 is 7.67. The highest BCUT2D eigenvalue weighted by atomic mass is 35.5. The largest absolute Gasteiger partial charge is 0.392 e. The smallest absolute Gasteiger partial charge is 0.274 e. The van der Waals surface area contributed by atoms with Gasteiger partial charge in [0, 0.05) is 17.4 Å². The van der Waals surface area contributed by atoms with Crippen LogP contribution in [0.1, 0.15) is 5.56 Å². The monoisotopic (exact) mass is 273 g/mol. The number of rotatable bonds is 3. The molecule has 1 N–H and O–H groups in total. The van der Waals surface area contributed by atoms with E-state index in [9.17, 15) is 15.2 Å². The van der Waals surface area contributed by atoms with Gasteiger partial charge in [0.2, 0.25) is 0 Å². The quantitative estimate of drug-likeness (QED) is 0.679. The van der Waals surface area contributed by atoms with Crippen LogP contribution in [0.3, 0.4) is 0 Å². The van der Waals surface area contributed by atoms with Gasteiger partial charge in [0.25, 0.3) is 5.69 Å². The lowest BCUT2D eigenvalue weighted by Crippen LogP contribution is -2.20. The molecule has 4 nitrogen and oxygen atoms in total. The van der Waals surface area contributed by atoms with Gasteiger partial charge in [-0.05, 0) is 24.2 Å². The van der Waals surface area contributed by atoms with Gasteiger partial charge in [0.05, 0.1) is 16.0 Å². The minimum absolute atomic E-state index is 0.0431. The van der Waals surface area contributed by atoms with Gasteiger partial charge in [0.15, 0.2) is 0 Å². The van der Waals surface area contributed by atoms with Crippen molar-refractivity contribution in [3.8, 4) is 0 Å². The Balaban J connectivity index is 2.27. The average Bonchev–Trinajstić information content (AvgIpc) is 2.67.